The highest BCUT2D eigenvalue weighted by Gasteiger charge is 2.07. The molecule has 3 aromatic rings. The summed E-state index contributed by atoms with van der Waals surface area (Å²) < 4.78 is 10.6. The van der Waals surface area contributed by atoms with E-state index in [0.717, 1.165) is 35.2 Å². The van der Waals surface area contributed by atoms with Crippen LogP contribution in [0, 0.1) is 13.8 Å². The molecule has 4 nitrogen and oxygen atoms in total. The molecule has 0 spiro atoms. The quantitative estimate of drug-likeness (QED) is 0.579. The third kappa shape index (κ3) is 3.12. The second-order valence-corrected chi connectivity index (χ2v) is 5.53. The van der Waals surface area contributed by atoms with Gasteiger partial charge in [-0.15, -0.1) is 0 Å². The average molecular weight is 297 g/mol. The smallest absolute Gasteiger partial charge is 0.336 e. The van der Waals surface area contributed by atoms with Crippen LogP contribution in [0.25, 0.3) is 11.0 Å². The highest BCUT2D eigenvalue weighted by molar-refractivity contribution is 5.81. The van der Waals surface area contributed by atoms with E-state index >= 15 is 0 Å². The first-order valence-corrected chi connectivity index (χ1v) is 7.40. The van der Waals surface area contributed by atoms with Gasteiger partial charge in [-0.2, -0.15) is 0 Å². The summed E-state index contributed by atoms with van der Waals surface area (Å²) in [5.41, 5.74) is 3.63. The molecule has 0 saturated heterocycles. The van der Waals surface area contributed by atoms with Gasteiger partial charge in [0.05, 0.1) is 6.26 Å². The van der Waals surface area contributed by atoms with E-state index in [9.17, 15) is 4.79 Å². The number of aryl methyl sites for hydroxylation is 2. The Morgan fingerprint density at radius 2 is 1.95 bits per heavy atom. The van der Waals surface area contributed by atoms with Crippen molar-refractivity contribution in [3.05, 3.63) is 69.5 Å². The third-order valence-corrected chi connectivity index (χ3v) is 3.89. The van der Waals surface area contributed by atoms with E-state index in [1.165, 1.54) is 5.56 Å². The summed E-state index contributed by atoms with van der Waals surface area (Å²) in [5.74, 6) is 0.955. The maximum atomic E-state index is 11.7. The molecule has 2 heterocycles. The predicted molar refractivity (Wildman–Crippen MR) is 86.1 cm³/mol. The van der Waals surface area contributed by atoms with E-state index in [4.69, 9.17) is 8.83 Å². The van der Waals surface area contributed by atoms with Crippen LogP contribution >= 0.6 is 0 Å². The summed E-state index contributed by atoms with van der Waals surface area (Å²) in [7, 11) is 0. The van der Waals surface area contributed by atoms with Crippen molar-refractivity contribution in [1.82, 2.24) is 5.32 Å². The van der Waals surface area contributed by atoms with Gasteiger partial charge in [0.25, 0.3) is 0 Å². The molecule has 22 heavy (non-hydrogen) atoms. The van der Waals surface area contributed by atoms with Gasteiger partial charge in [-0.1, -0.05) is 0 Å². The van der Waals surface area contributed by atoms with E-state index in [1.54, 1.807) is 12.3 Å². The van der Waals surface area contributed by atoms with Gasteiger partial charge in [-0.25, -0.2) is 4.79 Å². The zero-order valence-electron chi connectivity index (χ0n) is 12.8. The molecule has 1 aromatic carbocycles. The van der Waals surface area contributed by atoms with Gasteiger partial charge in [0.1, 0.15) is 11.3 Å². The second-order valence-electron chi connectivity index (χ2n) is 5.53. The van der Waals surface area contributed by atoms with Crippen LogP contribution in [-0.2, 0) is 13.0 Å². The highest BCUT2D eigenvalue weighted by Crippen LogP contribution is 2.21. The van der Waals surface area contributed by atoms with Crippen LogP contribution in [-0.4, -0.2) is 6.54 Å². The standard InChI is InChI=1S/C18H19NO3/c1-12-8-16-14(10-18(20)22-17(16)9-13(12)2)11-19-6-5-15-4-3-7-21-15/h3-4,7-10,19H,5-6,11H2,1-2H3. The van der Waals surface area contributed by atoms with Crippen molar-refractivity contribution in [2.75, 3.05) is 6.54 Å². The molecule has 1 N–H and O–H groups in total. The van der Waals surface area contributed by atoms with E-state index in [2.05, 4.69) is 18.3 Å². The van der Waals surface area contributed by atoms with Crippen molar-refractivity contribution in [1.29, 1.82) is 0 Å². The maximum absolute atomic E-state index is 11.7. The molecule has 0 radical (unpaired) electrons. The Morgan fingerprint density at radius 3 is 2.73 bits per heavy atom. The fourth-order valence-electron chi connectivity index (χ4n) is 2.52. The Balaban J connectivity index is 1.77. The first kappa shape index (κ1) is 14.6. The Kier molecular flexibility index (Phi) is 4.11. The third-order valence-electron chi connectivity index (χ3n) is 3.89. The SMILES string of the molecule is Cc1cc2oc(=O)cc(CNCCc3ccco3)c2cc1C. The first-order valence-electron chi connectivity index (χ1n) is 7.40. The highest BCUT2D eigenvalue weighted by atomic mass is 16.4. The van der Waals surface area contributed by atoms with Gasteiger partial charge in [0.2, 0.25) is 0 Å². The lowest BCUT2D eigenvalue weighted by molar-refractivity contribution is 0.498. The van der Waals surface area contributed by atoms with Crippen LogP contribution in [0.5, 0.6) is 0 Å². The summed E-state index contributed by atoms with van der Waals surface area (Å²) in [5, 5.41) is 4.35. The van der Waals surface area contributed by atoms with Crippen molar-refractivity contribution in [2.24, 2.45) is 0 Å². The van der Waals surface area contributed by atoms with Crippen molar-refractivity contribution in [2.45, 2.75) is 26.8 Å². The first-order chi connectivity index (χ1) is 10.6. The molecule has 2 aromatic heterocycles. The summed E-state index contributed by atoms with van der Waals surface area (Å²) >= 11 is 0. The van der Waals surface area contributed by atoms with Crippen LogP contribution in [0.4, 0.5) is 0 Å². The normalized spacial score (nSPS) is 11.2. The van der Waals surface area contributed by atoms with Gasteiger partial charge < -0.3 is 14.2 Å². The molecule has 0 bridgehead atoms. The van der Waals surface area contributed by atoms with Crippen molar-refractivity contribution < 1.29 is 8.83 Å². The minimum absolute atomic E-state index is 0.307. The van der Waals surface area contributed by atoms with Crippen molar-refractivity contribution in [3.63, 3.8) is 0 Å². The molecule has 0 amide bonds. The summed E-state index contributed by atoms with van der Waals surface area (Å²) in [6.07, 6.45) is 2.50. The number of nitrogens with one attached hydrogen (secondary N) is 1. The number of fused-ring (bicyclic) bond motifs is 1. The molecular weight excluding hydrogens is 278 g/mol. The van der Waals surface area contributed by atoms with Gasteiger partial charge >= 0.3 is 5.63 Å². The van der Waals surface area contributed by atoms with Crippen LogP contribution in [0.2, 0.25) is 0 Å². The lowest BCUT2D eigenvalue weighted by atomic mass is 10.0. The van der Waals surface area contributed by atoms with Crippen LogP contribution in [0.15, 0.2) is 50.2 Å². The summed E-state index contributed by atoms with van der Waals surface area (Å²) in [6.45, 7) is 5.50. The fraction of sp³-hybridized carbons (Fsp3) is 0.278. The molecule has 0 atom stereocenters. The summed E-state index contributed by atoms with van der Waals surface area (Å²) in [6, 6.07) is 9.42. The minimum Gasteiger partial charge on any atom is -0.469 e. The van der Waals surface area contributed by atoms with Crippen LogP contribution in [0.1, 0.15) is 22.5 Å². The molecule has 0 aliphatic heterocycles. The number of furan rings is 1. The summed E-state index contributed by atoms with van der Waals surface area (Å²) in [4.78, 5) is 11.7. The number of hydrogen-bond donors (Lipinski definition) is 1. The zero-order chi connectivity index (χ0) is 15.5. The lowest BCUT2D eigenvalue weighted by Gasteiger charge is -2.09. The molecule has 0 fully saturated rings. The van der Waals surface area contributed by atoms with Crippen molar-refractivity contribution >= 4 is 11.0 Å². The zero-order valence-corrected chi connectivity index (χ0v) is 12.8. The minimum atomic E-state index is -0.307. The predicted octanol–water partition coefficient (Wildman–Crippen LogP) is 3.34. The molecule has 3 rings (SSSR count). The molecular formula is C18H19NO3. The number of benzene rings is 1. The molecule has 0 aliphatic rings. The Hall–Kier alpha value is -2.33. The number of hydrogen-bond acceptors (Lipinski definition) is 4. The van der Waals surface area contributed by atoms with Gasteiger partial charge in [0.15, 0.2) is 0 Å². The lowest BCUT2D eigenvalue weighted by Crippen LogP contribution is -2.18. The van der Waals surface area contributed by atoms with Crippen molar-refractivity contribution in [3.8, 4) is 0 Å². The largest absolute Gasteiger partial charge is 0.469 e. The van der Waals surface area contributed by atoms with E-state index in [0.29, 0.717) is 12.1 Å². The molecule has 4 heteroatoms. The fourth-order valence-corrected chi connectivity index (χ4v) is 2.52. The van der Waals surface area contributed by atoms with Gasteiger partial charge in [0, 0.05) is 31.0 Å². The van der Waals surface area contributed by atoms with Gasteiger partial charge in [-0.3, -0.25) is 0 Å². The monoisotopic (exact) mass is 297 g/mol. The van der Waals surface area contributed by atoms with Crippen LogP contribution in [0.3, 0.4) is 0 Å². The Labute approximate surface area is 128 Å². The Bertz CT molecular complexity index is 831. The van der Waals surface area contributed by atoms with E-state index in [-0.39, 0.29) is 5.63 Å². The molecule has 114 valence electrons. The second kappa shape index (κ2) is 6.20. The average Bonchev–Trinajstić information content (AvgIpc) is 2.98. The van der Waals surface area contributed by atoms with E-state index in [1.807, 2.05) is 25.1 Å². The van der Waals surface area contributed by atoms with E-state index < -0.39 is 0 Å². The molecule has 0 saturated carbocycles. The number of rotatable bonds is 5. The Morgan fingerprint density at radius 1 is 1.14 bits per heavy atom. The molecule has 0 aliphatic carbocycles. The topological polar surface area (TPSA) is 55.4 Å². The van der Waals surface area contributed by atoms with Crippen LogP contribution < -0.4 is 10.9 Å². The maximum Gasteiger partial charge on any atom is 0.336 e. The molecule has 0 unspecified atom stereocenters. The van der Waals surface area contributed by atoms with Gasteiger partial charge in [-0.05, 0) is 54.8 Å².